The smallest absolute Gasteiger partial charge is 0.336 e. The van der Waals surface area contributed by atoms with Gasteiger partial charge in [0.1, 0.15) is 11.3 Å². The van der Waals surface area contributed by atoms with Crippen LogP contribution in [-0.4, -0.2) is 10.9 Å². The van der Waals surface area contributed by atoms with Gasteiger partial charge in [-0.2, -0.15) is 11.8 Å². The molecule has 0 aliphatic heterocycles. The zero-order valence-electron chi connectivity index (χ0n) is 12.1. The van der Waals surface area contributed by atoms with Gasteiger partial charge >= 0.3 is 5.63 Å². The van der Waals surface area contributed by atoms with Crippen molar-refractivity contribution in [1.82, 2.24) is 0 Å². The lowest BCUT2D eigenvalue weighted by Crippen LogP contribution is -2.01. The van der Waals surface area contributed by atoms with Crippen molar-refractivity contribution in [2.75, 3.05) is 5.75 Å². The maximum absolute atomic E-state index is 11.6. The summed E-state index contributed by atoms with van der Waals surface area (Å²) in [5, 5.41) is 10.8. The highest BCUT2D eigenvalue weighted by Gasteiger charge is 2.10. The molecule has 0 fully saturated rings. The molecular weight excluding hydrogens is 272 g/mol. The molecule has 0 atom stereocenters. The Hall–Kier alpha value is -1.42. The van der Waals surface area contributed by atoms with Crippen molar-refractivity contribution in [3.63, 3.8) is 0 Å². The monoisotopic (exact) mass is 292 g/mol. The summed E-state index contributed by atoms with van der Waals surface area (Å²) < 4.78 is 5.19. The molecule has 2 rings (SSSR count). The molecule has 1 heterocycles. The average molecular weight is 292 g/mol. The molecule has 1 N–H and O–H groups in total. The summed E-state index contributed by atoms with van der Waals surface area (Å²) in [7, 11) is 0. The molecule has 2 aromatic rings. The van der Waals surface area contributed by atoms with Gasteiger partial charge in [0.25, 0.3) is 0 Å². The SMILES string of the molecule is CCc1cc2c(CSCC(C)C)cc(=O)oc2cc1O. The van der Waals surface area contributed by atoms with Crippen LogP contribution in [0.25, 0.3) is 11.0 Å². The van der Waals surface area contributed by atoms with E-state index in [1.165, 1.54) is 0 Å². The predicted octanol–water partition coefficient (Wildman–Crippen LogP) is 3.95. The van der Waals surface area contributed by atoms with E-state index in [1.54, 1.807) is 12.1 Å². The number of benzene rings is 1. The Kier molecular flexibility index (Phi) is 4.76. The number of thioether (sulfide) groups is 1. The molecule has 0 aliphatic rings. The van der Waals surface area contributed by atoms with Crippen LogP contribution >= 0.6 is 11.8 Å². The Labute approximate surface area is 123 Å². The van der Waals surface area contributed by atoms with E-state index in [9.17, 15) is 9.90 Å². The van der Waals surface area contributed by atoms with Crippen molar-refractivity contribution in [3.05, 3.63) is 39.7 Å². The van der Waals surface area contributed by atoms with Gasteiger partial charge in [-0.15, -0.1) is 0 Å². The largest absolute Gasteiger partial charge is 0.508 e. The zero-order valence-corrected chi connectivity index (χ0v) is 12.9. The Bertz CT molecular complexity index is 659. The minimum Gasteiger partial charge on any atom is -0.508 e. The number of fused-ring (bicyclic) bond motifs is 1. The van der Waals surface area contributed by atoms with Gasteiger partial charge in [-0.1, -0.05) is 20.8 Å². The second-order valence-electron chi connectivity index (χ2n) is 5.33. The molecule has 0 bridgehead atoms. The minimum absolute atomic E-state index is 0.190. The first kappa shape index (κ1) is 15.0. The Morgan fingerprint density at radius 3 is 2.65 bits per heavy atom. The van der Waals surface area contributed by atoms with Crippen LogP contribution in [0.2, 0.25) is 0 Å². The highest BCUT2D eigenvalue weighted by atomic mass is 32.2. The number of aromatic hydroxyl groups is 1. The fraction of sp³-hybridized carbons (Fsp3) is 0.438. The molecule has 3 nitrogen and oxygen atoms in total. The first-order valence-corrected chi connectivity index (χ1v) is 8.03. The van der Waals surface area contributed by atoms with E-state index < -0.39 is 0 Å². The van der Waals surface area contributed by atoms with Crippen molar-refractivity contribution >= 4 is 22.7 Å². The van der Waals surface area contributed by atoms with Gasteiger partial charge in [-0.05, 0) is 35.3 Å². The predicted molar refractivity (Wildman–Crippen MR) is 84.5 cm³/mol. The summed E-state index contributed by atoms with van der Waals surface area (Å²) >= 11 is 1.81. The lowest BCUT2D eigenvalue weighted by atomic mass is 10.1. The van der Waals surface area contributed by atoms with E-state index in [2.05, 4.69) is 13.8 Å². The molecule has 0 saturated heterocycles. The molecule has 1 aromatic heterocycles. The van der Waals surface area contributed by atoms with E-state index in [0.29, 0.717) is 11.5 Å². The first-order valence-electron chi connectivity index (χ1n) is 6.87. The first-order chi connectivity index (χ1) is 9.51. The van der Waals surface area contributed by atoms with E-state index >= 15 is 0 Å². The van der Waals surface area contributed by atoms with Crippen molar-refractivity contribution in [2.45, 2.75) is 32.9 Å². The third kappa shape index (κ3) is 3.37. The molecule has 108 valence electrons. The standard InChI is InChI=1S/C16H20O3S/c1-4-11-5-13-12(9-20-8-10(2)3)6-16(18)19-15(13)7-14(11)17/h5-7,10,17H,4,8-9H2,1-3H3. The molecule has 0 aliphatic carbocycles. The summed E-state index contributed by atoms with van der Waals surface area (Å²) in [6, 6.07) is 5.04. The third-order valence-electron chi connectivity index (χ3n) is 3.12. The summed E-state index contributed by atoms with van der Waals surface area (Å²) in [5.74, 6) is 2.66. The maximum Gasteiger partial charge on any atom is 0.336 e. The van der Waals surface area contributed by atoms with Crippen molar-refractivity contribution < 1.29 is 9.52 Å². The van der Waals surface area contributed by atoms with Crippen LogP contribution in [0.1, 0.15) is 31.9 Å². The van der Waals surface area contributed by atoms with Gasteiger partial charge in [0.2, 0.25) is 0 Å². The molecule has 0 unspecified atom stereocenters. The van der Waals surface area contributed by atoms with Crippen LogP contribution in [0.4, 0.5) is 0 Å². The number of phenolic OH excluding ortho intramolecular Hbond substituents is 1. The highest BCUT2D eigenvalue weighted by molar-refractivity contribution is 7.98. The van der Waals surface area contributed by atoms with Crippen molar-refractivity contribution in [2.24, 2.45) is 5.92 Å². The normalized spacial score (nSPS) is 11.4. The molecule has 0 saturated carbocycles. The zero-order chi connectivity index (χ0) is 14.7. The van der Waals surface area contributed by atoms with Crippen molar-refractivity contribution in [3.8, 4) is 5.75 Å². The number of hydrogen-bond acceptors (Lipinski definition) is 4. The fourth-order valence-corrected chi connectivity index (χ4v) is 3.16. The van der Waals surface area contributed by atoms with Gasteiger partial charge in [0.15, 0.2) is 0 Å². The van der Waals surface area contributed by atoms with E-state index in [4.69, 9.17) is 4.42 Å². The number of rotatable bonds is 5. The quantitative estimate of drug-likeness (QED) is 0.848. The summed E-state index contributed by atoms with van der Waals surface area (Å²) in [5.41, 5.74) is 1.96. The van der Waals surface area contributed by atoms with E-state index in [0.717, 1.165) is 34.4 Å². The van der Waals surface area contributed by atoms with E-state index in [-0.39, 0.29) is 11.4 Å². The Morgan fingerprint density at radius 1 is 1.25 bits per heavy atom. The van der Waals surface area contributed by atoms with E-state index in [1.807, 2.05) is 24.8 Å². The fourth-order valence-electron chi connectivity index (χ4n) is 2.11. The molecule has 0 amide bonds. The number of phenols is 1. The van der Waals surface area contributed by atoms with Gasteiger partial charge in [-0.3, -0.25) is 0 Å². The summed E-state index contributed by atoms with van der Waals surface area (Å²) in [6.45, 7) is 6.35. The maximum atomic E-state index is 11.6. The second-order valence-corrected chi connectivity index (χ2v) is 6.36. The lowest BCUT2D eigenvalue weighted by molar-refractivity contribution is 0.466. The Balaban J connectivity index is 2.44. The van der Waals surface area contributed by atoms with Crippen LogP contribution in [-0.2, 0) is 12.2 Å². The van der Waals surface area contributed by atoms with Crippen LogP contribution in [0, 0.1) is 5.92 Å². The molecule has 4 heteroatoms. The van der Waals surface area contributed by atoms with Gasteiger partial charge in [-0.25, -0.2) is 4.79 Å². The van der Waals surface area contributed by atoms with Crippen molar-refractivity contribution in [1.29, 1.82) is 0 Å². The third-order valence-corrected chi connectivity index (χ3v) is 4.54. The molecule has 20 heavy (non-hydrogen) atoms. The lowest BCUT2D eigenvalue weighted by Gasteiger charge is -2.09. The molecule has 0 spiro atoms. The van der Waals surface area contributed by atoms with Crippen LogP contribution < -0.4 is 5.63 Å². The molecule has 1 aromatic carbocycles. The van der Waals surface area contributed by atoms with Gasteiger partial charge in [0.05, 0.1) is 0 Å². The second kappa shape index (κ2) is 6.35. The van der Waals surface area contributed by atoms with Gasteiger partial charge < -0.3 is 9.52 Å². The molecule has 0 radical (unpaired) electrons. The van der Waals surface area contributed by atoms with Gasteiger partial charge in [0, 0.05) is 23.3 Å². The Morgan fingerprint density at radius 2 is 2.00 bits per heavy atom. The minimum atomic E-state index is -0.360. The number of hydrogen-bond donors (Lipinski definition) is 1. The van der Waals surface area contributed by atoms with Crippen LogP contribution in [0.15, 0.2) is 27.4 Å². The average Bonchev–Trinajstić information content (AvgIpc) is 2.37. The topological polar surface area (TPSA) is 50.4 Å². The summed E-state index contributed by atoms with van der Waals surface area (Å²) in [4.78, 5) is 11.6. The molecular formula is C16H20O3S. The highest BCUT2D eigenvalue weighted by Crippen LogP contribution is 2.28. The summed E-state index contributed by atoms with van der Waals surface area (Å²) in [6.07, 6.45) is 0.749. The van der Waals surface area contributed by atoms with Crippen LogP contribution in [0.5, 0.6) is 5.75 Å². The van der Waals surface area contributed by atoms with Crippen LogP contribution in [0.3, 0.4) is 0 Å². The number of aryl methyl sites for hydroxylation is 1.